The maximum atomic E-state index is 11.4. The lowest BCUT2D eigenvalue weighted by Crippen LogP contribution is -2.18. The fourth-order valence-electron chi connectivity index (χ4n) is 2.61. The van der Waals surface area contributed by atoms with Crippen molar-refractivity contribution in [1.82, 2.24) is 10.1 Å². The van der Waals surface area contributed by atoms with Gasteiger partial charge in [0.15, 0.2) is 5.82 Å². The van der Waals surface area contributed by atoms with Crippen LogP contribution in [0, 0.1) is 10.1 Å². The summed E-state index contributed by atoms with van der Waals surface area (Å²) in [5.41, 5.74) is 1.33. The third-order valence-corrected chi connectivity index (χ3v) is 3.82. The van der Waals surface area contributed by atoms with E-state index in [1.54, 1.807) is 12.1 Å². The number of hydrogen-bond donors (Lipinski definition) is 0. The van der Waals surface area contributed by atoms with Crippen LogP contribution in [-0.2, 0) is 0 Å². The second-order valence-corrected chi connectivity index (χ2v) is 5.77. The highest BCUT2D eigenvalue weighted by Crippen LogP contribution is 2.34. The summed E-state index contributed by atoms with van der Waals surface area (Å²) >= 11 is 0. The molecule has 0 N–H and O–H groups in total. The van der Waals surface area contributed by atoms with Gasteiger partial charge >= 0.3 is 0 Å². The summed E-state index contributed by atoms with van der Waals surface area (Å²) < 4.78 is 5.21. The number of nitro groups is 1. The molecule has 1 aliphatic heterocycles. The minimum atomic E-state index is -0.350. The highest BCUT2D eigenvalue weighted by molar-refractivity contribution is 5.71. The molecular formula is C15H18N4O3. The molecule has 116 valence electrons. The average molecular weight is 302 g/mol. The highest BCUT2D eigenvalue weighted by atomic mass is 16.6. The number of benzene rings is 1. The van der Waals surface area contributed by atoms with E-state index in [1.807, 2.05) is 13.8 Å². The van der Waals surface area contributed by atoms with Crippen molar-refractivity contribution in [1.29, 1.82) is 0 Å². The van der Waals surface area contributed by atoms with Crippen LogP contribution in [0.3, 0.4) is 0 Å². The number of anilines is 1. The topological polar surface area (TPSA) is 85.3 Å². The van der Waals surface area contributed by atoms with Gasteiger partial charge in [0.05, 0.1) is 4.92 Å². The molecule has 0 radical (unpaired) electrons. The summed E-state index contributed by atoms with van der Waals surface area (Å²) in [5, 5.41) is 15.3. The quantitative estimate of drug-likeness (QED) is 0.636. The van der Waals surface area contributed by atoms with Crippen molar-refractivity contribution in [2.24, 2.45) is 0 Å². The van der Waals surface area contributed by atoms with Crippen LogP contribution in [0.5, 0.6) is 0 Å². The van der Waals surface area contributed by atoms with Crippen molar-refractivity contribution in [2.45, 2.75) is 32.6 Å². The maximum absolute atomic E-state index is 11.4. The molecule has 22 heavy (non-hydrogen) atoms. The zero-order valence-electron chi connectivity index (χ0n) is 12.7. The largest absolute Gasteiger partial charge is 0.366 e. The summed E-state index contributed by atoms with van der Waals surface area (Å²) in [6.45, 7) is 5.65. The van der Waals surface area contributed by atoms with Crippen LogP contribution >= 0.6 is 0 Å². The second kappa shape index (κ2) is 5.75. The van der Waals surface area contributed by atoms with Gasteiger partial charge in [-0.2, -0.15) is 4.98 Å². The Hall–Kier alpha value is -2.44. The molecule has 0 atom stereocenters. The van der Waals surface area contributed by atoms with Crippen LogP contribution in [0.25, 0.3) is 11.5 Å². The standard InChI is InChI=1S/C15H18N4O3/c1-10(2)14-16-15(22-17-14)11-5-6-12(13(9-11)19(20)21)18-7-3-4-8-18/h5-6,9-10H,3-4,7-8H2,1-2H3. The first-order valence-electron chi connectivity index (χ1n) is 7.43. The van der Waals surface area contributed by atoms with Crippen LogP contribution in [0.15, 0.2) is 22.7 Å². The van der Waals surface area contributed by atoms with Crippen LogP contribution in [0.2, 0.25) is 0 Å². The monoisotopic (exact) mass is 302 g/mol. The molecule has 0 saturated carbocycles. The minimum absolute atomic E-state index is 0.0868. The first kappa shape index (κ1) is 14.5. The summed E-state index contributed by atoms with van der Waals surface area (Å²) in [6.07, 6.45) is 2.14. The van der Waals surface area contributed by atoms with Gasteiger partial charge in [-0.1, -0.05) is 19.0 Å². The van der Waals surface area contributed by atoms with E-state index in [4.69, 9.17) is 4.52 Å². The smallest absolute Gasteiger partial charge is 0.293 e. The van der Waals surface area contributed by atoms with E-state index in [0.29, 0.717) is 23.0 Å². The zero-order chi connectivity index (χ0) is 15.7. The number of aromatic nitrogens is 2. The third-order valence-electron chi connectivity index (χ3n) is 3.82. The maximum Gasteiger partial charge on any atom is 0.293 e. The fourth-order valence-corrected chi connectivity index (χ4v) is 2.61. The number of nitro benzene ring substituents is 1. The lowest BCUT2D eigenvalue weighted by molar-refractivity contribution is -0.384. The van der Waals surface area contributed by atoms with Crippen LogP contribution in [-0.4, -0.2) is 28.2 Å². The van der Waals surface area contributed by atoms with Gasteiger partial charge in [-0.3, -0.25) is 10.1 Å². The fraction of sp³-hybridized carbons (Fsp3) is 0.467. The van der Waals surface area contributed by atoms with Crippen LogP contribution < -0.4 is 4.90 Å². The molecule has 0 aliphatic carbocycles. The van der Waals surface area contributed by atoms with E-state index >= 15 is 0 Å². The molecule has 1 fully saturated rings. The van der Waals surface area contributed by atoms with E-state index in [2.05, 4.69) is 15.0 Å². The SMILES string of the molecule is CC(C)c1noc(-c2ccc(N3CCCC3)c([N+](=O)[O-])c2)n1. The van der Waals surface area contributed by atoms with E-state index in [9.17, 15) is 10.1 Å². The molecule has 1 aromatic heterocycles. The summed E-state index contributed by atoms with van der Waals surface area (Å²) in [5.74, 6) is 1.07. The summed E-state index contributed by atoms with van der Waals surface area (Å²) in [7, 11) is 0. The molecule has 2 heterocycles. The summed E-state index contributed by atoms with van der Waals surface area (Å²) in [6, 6.07) is 5.10. The van der Waals surface area contributed by atoms with E-state index in [-0.39, 0.29) is 16.5 Å². The normalized spacial score (nSPS) is 14.8. The lowest BCUT2D eigenvalue weighted by atomic mass is 10.1. The molecule has 0 amide bonds. The Morgan fingerprint density at radius 2 is 2.05 bits per heavy atom. The van der Waals surface area contributed by atoms with Gasteiger partial charge in [0.25, 0.3) is 11.6 Å². The molecular weight excluding hydrogens is 284 g/mol. The molecule has 1 saturated heterocycles. The van der Waals surface area contributed by atoms with Gasteiger partial charge < -0.3 is 9.42 Å². The highest BCUT2D eigenvalue weighted by Gasteiger charge is 2.24. The lowest BCUT2D eigenvalue weighted by Gasteiger charge is -2.17. The van der Waals surface area contributed by atoms with E-state index in [0.717, 1.165) is 25.9 Å². The van der Waals surface area contributed by atoms with Crippen molar-refractivity contribution in [3.63, 3.8) is 0 Å². The van der Waals surface area contributed by atoms with Crippen LogP contribution in [0.1, 0.15) is 38.4 Å². The van der Waals surface area contributed by atoms with Crippen LogP contribution in [0.4, 0.5) is 11.4 Å². The Labute approximate surface area is 128 Å². The molecule has 2 aromatic rings. The molecule has 0 bridgehead atoms. The molecule has 0 unspecified atom stereocenters. The van der Waals surface area contributed by atoms with Crippen molar-refractivity contribution >= 4 is 11.4 Å². The van der Waals surface area contributed by atoms with Crippen molar-refractivity contribution in [3.8, 4) is 11.5 Å². The van der Waals surface area contributed by atoms with E-state index in [1.165, 1.54) is 6.07 Å². The Morgan fingerprint density at radius 3 is 2.64 bits per heavy atom. The molecule has 7 heteroatoms. The number of rotatable bonds is 4. The second-order valence-electron chi connectivity index (χ2n) is 5.77. The zero-order valence-corrected chi connectivity index (χ0v) is 12.7. The van der Waals surface area contributed by atoms with Gasteiger partial charge in [-0.15, -0.1) is 0 Å². The molecule has 1 aromatic carbocycles. The molecule has 1 aliphatic rings. The predicted molar refractivity (Wildman–Crippen MR) is 81.9 cm³/mol. The van der Waals surface area contributed by atoms with Gasteiger partial charge in [-0.25, -0.2) is 0 Å². The van der Waals surface area contributed by atoms with Crippen molar-refractivity contribution in [3.05, 3.63) is 34.1 Å². The van der Waals surface area contributed by atoms with Crippen molar-refractivity contribution < 1.29 is 9.45 Å². The van der Waals surface area contributed by atoms with Crippen molar-refractivity contribution in [2.75, 3.05) is 18.0 Å². The Kier molecular flexibility index (Phi) is 3.79. The van der Waals surface area contributed by atoms with E-state index < -0.39 is 0 Å². The molecule has 0 spiro atoms. The molecule has 3 rings (SSSR count). The Balaban J connectivity index is 1.99. The Bertz CT molecular complexity index is 690. The average Bonchev–Trinajstić information content (AvgIpc) is 3.18. The first-order chi connectivity index (χ1) is 10.6. The first-order valence-corrected chi connectivity index (χ1v) is 7.43. The van der Waals surface area contributed by atoms with Gasteiger partial charge in [-0.05, 0) is 25.0 Å². The van der Waals surface area contributed by atoms with Gasteiger partial charge in [0.1, 0.15) is 5.69 Å². The summed E-state index contributed by atoms with van der Waals surface area (Å²) in [4.78, 5) is 17.4. The van der Waals surface area contributed by atoms with Gasteiger partial charge in [0, 0.05) is 30.6 Å². The third kappa shape index (κ3) is 2.66. The number of nitrogens with zero attached hydrogens (tertiary/aromatic N) is 4. The predicted octanol–water partition coefficient (Wildman–Crippen LogP) is 3.37. The van der Waals surface area contributed by atoms with Gasteiger partial charge in [0.2, 0.25) is 0 Å². The molecule has 7 nitrogen and oxygen atoms in total. The Morgan fingerprint density at radius 1 is 1.32 bits per heavy atom. The number of hydrogen-bond acceptors (Lipinski definition) is 6. The minimum Gasteiger partial charge on any atom is -0.366 e.